The van der Waals surface area contributed by atoms with Crippen LogP contribution in [0.2, 0.25) is 0 Å². The number of likely N-dealkylation sites (N-methyl/N-ethyl adjacent to an activating group) is 1. The van der Waals surface area contributed by atoms with E-state index in [1.54, 1.807) is 32.9 Å². The van der Waals surface area contributed by atoms with Crippen molar-refractivity contribution in [1.82, 2.24) is 15.5 Å². The number of benzene rings is 1. The molecule has 0 saturated heterocycles. The number of hydrogen-bond acceptors (Lipinski definition) is 7. The van der Waals surface area contributed by atoms with Crippen LogP contribution in [0.15, 0.2) is 18.2 Å². The highest BCUT2D eigenvalue weighted by Gasteiger charge is 2.34. The summed E-state index contributed by atoms with van der Waals surface area (Å²) in [6, 6.07) is 3.44. The van der Waals surface area contributed by atoms with Crippen LogP contribution in [0.5, 0.6) is 0 Å². The lowest BCUT2D eigenvalue weighted by Gasteiger charge is -2.31. The van der Waals surface area contributed by atoms with E-state index in [-0.39, 0.29) is 12.3 Å². The second-order valence-electron chi connectivity index (χ2n) is 8.45. The third kappa shape index (κ3) is 8.41. The quantitative estimate of drug-likeness (QED) is 0.398. The molecule has 2 N–H and O–H groups in total. The minimum absolute atomic E-state index is 0.00817. The Morgan fingerprint density at radius 2 is 1.66 bits per heavy atom. The summed E-state index contributed by atoms with van der Waals surface area (Å²) in [6.07, 6.45) is -0.767. The molecule has 10 heteroatoms. The summed E-state index contributed by atoms with van der Waals surface area (Å²) in [6.45, 7) is 8.53. The number of ether oxygens (including phenoxy) is 2. The zero-order valence-corrected chi connectivity index (χ0v) is 20.5. The van der Waals surface area contributed by atoms with Gasteiger partial charge in [0.1, 0.15) is 24.2 Å². The molecule has 3 amide bonds. The fourth-order valence-corrected chi connectivity index (χ4v) is 3.30. The van der Waals surface area contributed by atoms with Gasteiger partial charge in [-0.15, -0.1) is 0 Å². The highest BCUT2D eigenvalue weighted by molar-refractivity contribution is 7.80. The molecule has 1 aromatic carbocycles. The van der Waals surface area contributed by atoms with Crippen LogP contribution >= 0.6 is 12.6 Å². The largest absolute Gasteiger partial charge is 0.468 e. The number of rotatable bonds is 8. The van der Waals surface area contributed by atoms with Crippen molar-refractivity contribution in [2.75, 3.05) is 26.5 Å². The van der Waals surface area contributed by atoms with E-state index in [4.69, 9.17) is 4.74 Å². The summed E-state index contributed by atoms with van der Waals surface area (Å²) in [7, 11) is 2.67. The van der Waals surface area contributed by atoms with Crippen molar-refractivity contribution < 1.29 is 28.7 Å². The van der Waals surface area contributed by atoms with E-state index in [1.165, 1.54) is 19.1 Å². The van der Waals surface area contributed by atoms with Crippen molar-refractivity contribution >= 4 is 36.5 Å². The summed E-state index contributed by atoms with van der Waals surface area (Å²) in [5.41, 5.74) is 1.64. The van der Waals surface area contributed by atoms with E-state index in [2.05, 4.69) is 28.0 Å². The molecule has 0 heterocycles. The number of methoxy groups -OCH3 is 1. The number of carbonyl (C=O) groups excluding carboxylic acids is 4. The number of aryl methyl sites for hydroxylation is 2. The summed E-state index contributed by atoms with van der Waals surface area (Å²) in [4.78, 5) is 51.1. The van der Waals surface area contributed by atoms with Crippen molar-refractivity contribution in [1.29, 1.82) is 0 Å². The van der Waals surface area contributed by atoms with E-state index in [1.807, 2.05) is 19.9 Å². The highest BCUT2D eigenvalue weighted by atomic mass is 32.1. The minimum atomic E-state index is -1.05. The van der Waals surface area contributed by atoms with Crippen molar-refractivity contribution in [3.8, 4) is 0 Å². The fourth-order valence-electron chi connectivity index (χ4n) is 3.06. The summed E-state index contributed by atoms with van der Waals surface area (Å²) in [5, 5.41) is 4.99. The van der Waals surface area contributed by atoms with Gasteiger partial charge in [-0.3, -0.25) is 14.4 Å². The van der Waals surface area contributed by atoms with Crippen LogP contribution in [0.3, 0.4) is 0 Å². The molecule has 0 aliphatic rings. The smallest absolute Gasteiger partial charge is 0.408 e. The average Bonchev–Trinajstić information content (AvgIpc) is 2.67. The van der Waals surface area contributed by atoms with Gasteiger partial charge in [0.2, 0.25) is 11.8 Å². The number of nitrogens with one attached hydrogen (secondary N) is 2. The zero-order valence-electron chi connectivity index (χ0n) is 19.6. The fraction of sp³-hybridized carbons (Fsp3) is 0.545. The van der Waals surface area contributed by atoms with E-state index in [0.717, 1.165) is 11.1 Å². The molecule has 0 aliphatic carbocycles. The molecule has 178 valence electrons. The summed E-state index contributed by atoms with van der Waals surface area (Å²) >= 11 is 4.18. The lowest BCUT2D eigenvalue weighted by molar-refractivity contribution is -0.143. The lowest BCUT2D eigenvalue weighted by Crippen LogP contribution is -2.52. The van der Waals surface area contributed by atoms with Gasteiger partial charge in [0.25, 0.3) is 0 Å². The molecular formula is C22H33N3O6S. The first-order valence-corrected chi connectivity index (χ1v) is 10.7. The van der Waals surface area contributed by atoms with Crippen LogP contribution < -0.4 is 10.6 Å². The Bertz CT molecular complexity index is 832. The van der Waals surface area contributed by atoms with E-state index in [0.29, 0.717) is 5.56 Å². The molecule has 9 nitrogen and oxygen atoms in total. The minimum Gasteiger partial charge on any atom is -0.468 e. The van der Waals surface area contributed by atoms with E-state index >= 15 is 0 Å². The number of amides is 3. The SMILES string of the molecule is COC(=O)CNC(=O)C(c1cc(C)cc(C)c1)N(C)C(=O)C(CS)NC(=O)OC(C)(C)C. The van der Waals surface area contributed by atoms with Gasteiger partial charge in [-0.1, -0.05) is 29.3 Å². The first-order valence-electron chi connectivity index (χ1n) is 10.1. The van der Waals surface area contributed by atoms with Gasteiger partial charge < -0.3 is 25.0 Å². The molecule has 1 aromatic rings. The van der Waals surface area contributed by atoms with Gasteiger partial charge in [0.05, 0.1) is 7.11 Å². The molecular weight excluding hydrogens is 434 g/mol. The number of esters is 1. The Hall–Kier alpha value is -2.75. The van der Waals surface area contributed by atoms with Crippen LogP contribution in [-0.2, 0) is 23.9 Å². The number of alkyl carbamates (subject to hydrolysis) is 1. The molecule has 0 fully saturated rings. The van der Waals surface area contributed by atoms with Gasteiger partial charge in [-0.2, -0.15) is 12.6 Å². The number of thiol groups is 1. The van der Waals surface area contributed by atoms with Crippen LogP contribution in [-0.4, -0.2) is 66.9 Å². The Morgan fingerprint density at radius 1 is 1.09 bits per heavy atom. The van der Waals surface area contributed by atoms with Gasteiger partial charge in [-0.25, -0.2) is 4.79 Å². The van der Waals surface area contributed by atoms with Crippen LogP contribution in [0.1, 0.15) is 43.5 Å². The van der Waals surface area contributed by atoms with Crippen molar-refractivity contribution in [2.24, 2.45) is 0 Å². The maximum absolute atomic E-state index is 13.2. The van der Waals surface area contributed by atoms with Crippen LogP contribution in [0.4, 0.5) is 4.79 Å². The topological polar surface area (TPSA) is 114 Å². The standard InChI is InChI=1S/C22H33N3O6S/c1-13-8-14(2)10-15(9-13)18(19(27)23-11-17(26)30-7)25(6)20(28)16(12-32)24-21(29)31-22(3,4)5/h8-10,16,18,32H,11-12H2,1-7H3,(H,23,27)(H,24,29). The first-order chi connectivity index (χ1) is 14.8. The van der Waals surface area contributed by atoms with Gasteiger partial charge in [0, 0.05) is 12.8 Å². The molecule has 32 heavy (non-hydrogen) atoms. The molecule has 0 saturated carbocycles. The predicted molar refractivity (Wildman–Crippen MR) is 123 cm³/mol. The number of hydrogen-bond donors (Lipinski definition) is 3. The van der Waals surface area contributed by atoms with Gasteiger partial charge in [-0.05, 0) is 40.2 Å². The maximum Gasteiger partial charge on any atom is 0.408 e. The van der Waals surface area contributed by atoms with E-state index in [9.17, 15) is 19.2 Å². The van der Waals surface area contributed by atoms with Gasteiger partial charge >= 0.3 is 12.1 Å². The maximum atomic E-state index is 13.2. The lowest BCUT2D eigenvalue weighted by atomic mass is 9.99. The van der Waals surface area contributed by atoms with Crippen molar-refractivity contribution in [3.05, 3.63) is 34.9 Å². The Labute approximate surface area is 194 Å². The second-order valence-corrected chi connectivity index (χ2v) is 8.81. The van der Waals surface area contributed by atoms with Crippen LogP contribution in [0, 0.1) is 13.8 Å². The summed E-state index contributed by atoms with van der Waals surface area (Å²) < 4.78 is 9.78. The Balaban J connectivity index is 3.20. The van der Waals surface area contributed by atoms with E-state index < -0.39 is 41.6 Å². The average molecular weight is 468 g/mol. The predicted octanol–water partition coefficient (Wildman–Crippen LogP) is 1.92. The van der Waals surface area contributed by atoms with Crippen molar-refractivity contribution in [3.63, 3.8) is 0 Å². The second kappa shape index (κ2) is 11.8. The number of carbonyl (C=O) groups is 4. The molecule has 0 aliphatic heterocycles. The molecule has 0 aromatic heterocycles. The molecule has 0 spiro atoms. The summed E-state index contributed by atoms with van der Waals surface area (Å²) in [5.74, 6) is -1.73. The monoisotopic (exact) mass is 467 g/mol. The third-order valence-electron chi connectivity index (χ3n) is 4.35. The molecule has 0 radical (unpaired) electrons. The zero-order chi connectivity index (χ0) is 24.6. The van der Waals surface area contributed by atoms with Gasteiger partial charge in [0.15, 0.2) is 0 Å². The van der Waals surface area contributed by atoms with Crippen LogP contribution in [0.25, 0.3) is 0 Å². The molecule has 2 atom stereocenters. The third-order valence-corrected chi connectivity index (χ3v) is 4.71. The normalized spacial score (nSPS) is 12.9. The van der Waals surface area contributed by atoms with Crippen molar-refractivity contribution in [2.45, 2.75) is 52.3 Å². The molecule has 0 bridgehead atoms. The number of nitrogens with zero attached hydrogens (tertiary/aromatic N) is 1. The Morgan fingerprint density at radius 3 is 2.12 bits per heavy atom. The first kappa shape index (κ1) is 27.3. The molecule has 2 unspecified atom stereocenters. The highest BCUT2D eigenvalue weighted by Crippen LogP contribution is 2.23. The Kier molecular flexibility index (Phi) is 10.0. The molecule has 1 rings (SSSR count).